The van der Waals surface area contributed by atoms with Gasteiger partial charge in [0.2, 0.25) is 0 Å². The molecule has 0 saturated carbocycles. The lowest BCUT2D eigenvalue weighted by molar-refractivity contribution is 0.271. The van der Waals surface area contributed by atoms with Gasteiger partial charge in [0.05, 0.1) is 23.7 Å². The average Bonchev–Trinajstić information content (AvgIpc) is 2.21. The molecule has 0 saturated heterocycles. The van der Waals surface area contributed by atoms with Gasteiger partial charge in [-0.05, 0) is 12.8 Å². The molecule has 4 nitrogen and oxygen atoms in total. The Bertz CT molecular complexity index is 228. The summed E-state index contributed by atoms with van der Waals surface area (Å²) in [4.78, 5) is 0. The first-order chi connectivity index (χ1) is 7.04. The zero-order chi connectivity index (χ0) is 11.9. The van der Waals surface area contributed by atoms with E-state index >= 15 is 0 Å². The number of rotatable bonds is 8. The number of aliphatic hydroxyl groups excluding tert-OH is 2. The van der Waals surface area contributed by atoms with E-state index in [1.165, 1.54) is 0 Å². The molecule has 0 aromatic rings. The summed E-state index contributed by atoms with van der Waals surface area (Å²) < 4.78 is 23.9. The van der Waals surface area contributed by atoms with Crippen molar-refractivity contribution in [3.63, 3.8) is 0 Å². The molecule has 0 rings (SSSR count). The Morgan fingerprint density at radius 2 is 1.27 bits per heavy atom. The molecule has 5 heteroatoms. The Morgan fingerprint density at radius 3 is 1.47 bits per heavy atom. The average molecular weight is 238 g/mol. The Morgan fingerprint density at radius 1 is 0.933 bits per heavy atom. The van der Waals surface area contributed by atoms with Crippen LogP contribution in [0.1, 0.15) is 39.5 Å². The fourth-order valence-electron chi connectivity index (χ4n) is 1.64. The molecule has 2 N–H and O–H groups in total. The zero-order valence-electron chi connectivity index (χ0n) is 9.52. The normalized spacial score (nSPS) is 16.3. The first-order valence-corrected chi connectivity index (χ1v) is 7.09. The van der Waals surface area contributed by atoms with Crippen LogP contribution in [-0.4, -0.2) is 42.3 Å². The Balaban J connectivity index is 4.73. The van der Waals surface area contributed by atoms with Crippen molar-refractivity contribution in [2.45, 2.75) is 50.0 Å². The van der Waals surface area contributed by atoms with Gasteiger partial charge in [0, 0.05) is 0 Å². The van der Waals surface area contributed by atoms with Crippen molar-refractivity contribution in [1.29, 1.82) is 0 Å². The van der Waals surface area contributed by atoms with E-state index < -0.39 is 20.3 Å². The van der Waals surface area contributed by atoms with E-state index in [0.29, 0.717) is 25.7 Å². The lowest BCUT2D eigenvalue weighted by Gasteiger charge is -2.21. The Hall–Kier alpha value is -0.130. The van der Waals surface area contributed by atoms with Crippen LogP contribution in [0.4, 0.5) is 0 Å². The van der Waals surface area contributed by atoms with E-state index in [-0.39, 0.29) is 13.2 Å². The summed E-state index contributed by atoms with van der Waals surface area (Å²) in [6.45, 7) is 3.06. The van der Waals surface area contributed by atoms with E-state index in [0.717, 1.165) is 0 Å². The highest BCUT2D eigenvalue weighted by Crippen LogP contribution is 2.17. The van der Waals surface area contributed by atoms with Crippen LogP contribution in [0.3, 0.4) is 0 Å². The molecule has 0 aliphatic heterocycles. The van der Waals surface area contributed by atoms with Gasteiger partial charge in [-0.25, -0.2) is 8.42 Å². The lowest BCUT2D eigenvalue weighted by atomic mass is 10.2. The second kappa shape index (κ2) is 7.19. The number of hydrogen-bond donors (Lipinski definition) is 2. The molecule has 0 aromatic heterocycles. The van der Waals surface area contributed by atoms with E-state index in [4.69, 9.17) is 10.2 Å². The molecule has 0 aromatic carbocycles. The van der Waals surface area contributed by atoms with Crippen LogP contribution in [0.5, 0.6) is 0 Å². The minimum absolute atomic E-state index is 0.351. The summed E-state index contributed by atoms with van der Waals surface area (Å²) >= 11 is 0. The van der Waals surface area contributed by atoms with Crippen LogP contribution in [0.25, 0.3) is 0 Å². The Labute approximate surface area is 92.2 Å². The van der Waals surface area contributed by atoms with Crippen molar-refractivity contribution in [3.8, 4) is 0 Å². The first-order valence-electron chi connectivity index (χ1n) is 5.48. The maximum atomic E-state index is 12.0. The molecule has 0 aliphatic carbocycles. The molecular weight excluding hydrogens is 216 g/mol. The summed E-state index contributed by atoms with van der Waals surface area (Å²) in [6.07, 6.45) is 2.35. The summed E-state index contributed by atoms with van der Waals surface area (Å²) in [5, 5.41) is 16.7. The van der Waals surface area contributed by atoms with E-state index in [1.54, 1.807) is 0 Å². The van der Waals surface area contributed by atoms with E-state index in [1.807, 2.05) is 13.8 Å². The van der Waals surface area contributed by atoms with Gasteiger partial charge in [-0.15, -0.1) is 0 Å². The lowest BCUT2D eigenvalue weighted by Crippen LogP contribution is -2.36. The quantitative estimate of drug-likeness (QED) is 0.653. The largest absolute Gasteiger partial charge is 0.395 e. The van der Waals surface area contributed by atoms with Crippen LogP contribution in [0.2, 0.25) is 0 Å². The monoisotopic (exact) mass is 238 g/mol. The molecule has 0 radical (unpaired) electrons. The molecule has 15 heavy (non-hydrogen) atoms. The molecule has 0 fully saturated rings. The molecule has 0 aliphatic rings. The van der Waals surface area contributed by atoms with Crippen LogP contribution < -0.4 is 0 Å². The van der Waals surface area contributed by atoms with Crippen molar-refractivity contribution in [2.75, 3.05) is 13.2 Å². The van der Waals surface area contributed by atoms with Gasteiger partial charge in [0.25, 0.3) is 0 Å². The summed E-state index contributed by atoms with van der Waals surface area (Å²) in [7, 11) is -3.39. The van der Waals surface area contributed by atoms with Crippen LogP contribution in [0.15, 0.2) is 0 Å². The van der Waals surface area contributed by atoms with Crippen LogP contribution in [-0.2, 0) is 9.84 Å². The molecule has 92 valence electrons. The van der Waals surface area contributed by atoms with Gasteiger partial charge < -0.3 is 10.2 Å². The second-order valence-electron chi connectivity index (χ2n) is 3.78. The standard InChI is InChI=1S/C10H22O4S/c1-3-5-9(7-11)15(13,14)10(8-12)6-4-2/h9-12H,3-8H2,1-2H3. The van der Waals surface area contributed by atoms with Gasteiger partial charge in [-0.3, -0.25) is 0 Å². The Kier molecular flexibility index (Phi) is 7.13. The van der Waals surface area contributed by atoms with Crippen molar-refractivity contribution in [1.82, 2.24) is 0 Å². The predicted octanol–water partition coefficient (Wildman–Crippen LogP) is 0.723. The molecule has 0 heterocycles. The second-order valence-corrected chi connectivity index (χ2v) is 6.29. The third kappa shape index (κ3) is 4.09. The topological polar surface area (TPSA) is 74.6 Å². The van der Waals surface area contributed by atoms with Gasteiger partial charge in [-0.2, -0.15) is 0 Å². The third-order valence-corrected chi connectivity index (χ3v) is 5.19. The fraction of sp³-hybridized carbons (Fsp3) is 1.00. The molecule has 0 amide bonds. The van der Waals surface area contributed by atoms with Gasteiger partial charge in [-0.1, -0.05) is 26.7 Å². The minimum Gasteiger partial charge on any atom is -0.395 e. The van der Waals surface area contributed by atoms with Crippen molar-refractivity contribution in [2.24, 2.45) is 0 Å². The maximum Gasteiger partial charge on any atom is 0.160 e. The van der Waals surface area contributed by atoms with Crippen molar-refractivity contribution >= 4 is 9.84 Å². The maximum absolute atomic E-state index is 12.0. The predicted molar refractivity (Wildman–Crippen MR) is 60.5 cm³/mol. The zero-order valence-corrected chi connectivity index (χ0v) is 10.3. The van der Waals surface area contributed by atoms with E-state index in [2.05, 4.69) is 0 Å². The smallest absolute Gasteiger partial charge is 0.160 e. The highest BCUT2D eigenvalue weighted by atomic mass is 32.2. The molecular formula is C10H22O4S. The molecule has 0 spiro atoms. The SMILES string of the molecule is CCCC(CO)S(=O)(=O)C(CO)CCC. The fourth-order valence-corrected chi connectivity index (χ4v) is 3.72. The van der Waals surface area contributed by atoms with Crippen molar-refractivity contribution < 1.29 is 18.6 Å². The number of hydrogen-bond acceptors (Lipinski definition) is 4. The molecule has 2 atom stereocenters. The number of aliphatic hydroxyl groups is 2. The number of sulfone groups is 1. The first kappa shape index (κ1) is 14.9. The summed E-state index contributed by atoms with van der Waals surface area (Å²) in [5.74, 6) is 0. The van der Waals surface area contributed by atoms with Gasteiger partial charge in [0.1, 0.15) is 0 Å². The van der Waals surface area contributed by atoms with Gasteiger partial charge in [0.15, 0.2) is 9.84 Å². The van der Waals surface area contributed by atoms with Gasteiger partial charge >= 0.3 is 0 Å². The highest BCUT2D eigenvalue weighted by molar-refractivity contribution is 7.92. The van der Waals surface area contributed by atoms with Crippen molar-refractivity contribution in [3.05, 3.63) is 0 Å². The summed E-state index contributed by atoms with van der Waals surface area (Å²) in [5.41, 5.74) is 0. The van der Waals surface area contributed by atoms with Crippen LogP contribution >= 0.6 is 0 Å². The van der Waals surface area contributed by atoms with E-state index in [9.17, 15) is 8.42 Å². The third-order valence-electron chi connectivity index (χ3n) is 2.56. The summed E-state index contributed by atoms with van der Waals surface area (Å²) in [6, 6.07) is 0. The molecule has 2 unspecified atom stereocenters. The molecule has 0 bridgehead atoms. The minimum atomic E-state index is -3.39. The van der Waals surface area contributed by atoms with Crippen LogP contribution in [0, 0.1) is 0 Å². The highest BCUT2D eigenvalue weighted by Gasteiger charge is 2.31.